The van der Waals surface area contributed by atoms with Crippen LogP contribution in [0.15, 0.2) is 11.6 Å². The molecule has 0 saturated carbocycles. The maximum absolute atomic E-state index is 13.2. The molecule has 1 aliphatic heterocycles. The molecule has 7 nitrogen and oxygen atoms in total. The van der Waals surface area contributed by atoms with Gasteiger partial charge in [0.1, 0.15) is 31.3 Å². The zero-order valence-electron chi connectivity index (χ0n) is 23.5. The summed E-state index contributed by atoms with van der Waals surface area (Å²) >= 11 is 0. The van der Waals surface area contributed by atoms with E-state index >= 15 is 0 Å². The van der Waals surface area contributed by atoms with Crippen LogP contribution in [0.1, 0.15) is 60.3 Å². The number of cyclic esters (lactones) is 1. The summed E-state index contributed by atoms with van der Waals surface area (Å²) in [6.07, 6.45) is 3.76. The third-order valence-corrected chi connectivity index (χ3v) is 10.1. The fourth-order valence-electron chi connectivity index (χ4n) is 4.53. The van der Waals surface area contributed by atoms with Crippen LogP contribution in [0, 0.1) is 6.92 Å². The highest BCUT2D eigenvalue weighted by molar-refractivity contribution is 7.61. The van der Waals surface area contributed by atoms with E-state index in [9.17, 15) is 14.2 Å². The molecule has 0 radical (unpaired) electrons. The van der Waals surface area contributed by atoms with Crippen LogP contribution in [0.4, 0.5) is 0 Å². The van der Waals surface area contributed by atoms with Gasteiger partial charge in [0.2, 0.25) is 0 Å². The lowest BCUT2D eigenvalue weighted by atomic mass is 9.89. The first-order chi connectivity index (χ1) is 16.7. The van der Waals surface area contributed by atoms with Crippen molar-refractivity contribution in [1.82, 2.24) is 5.09 Å². The van der Waals surface area contributed by atoms with Crippen molar-refractivity contribution < 1.29 is 28.4 Å². The second-order valence-corrected chi connectivity index (χ2v) is 19.4. The summed E-state index contributed by atoms with van der Waals surface area (Å²) in [4.78, 5) is 24.6. The van der Waals surface area contributed by atoms with Crippen molar-refractivity contribution in [1.29, 1.82) is 0 Å². The van der Waals surface area contributed by atoms with Gasteiger partial charge in [0.25, 0.3) is 0 Å². The average Bonchev–Trinajstić information content (AvgIpc) is 3.14. The first-order valence-electron chi connectivity index (χ1n) is 12.8. The third-order valence-electron chi connectivity index (χ3n) is 6.39. The third kappa shape index (κ3) is 8.05. The highest BCUT2D eigenvalue weighted by atomic mass is 31.2. The minimum absolute atomic E-state index is 0.285. The first-order valence-corrected chi connectivity index (χ1v) is 18.9. The van der Waals surface area contributed by atoms with Gasteiger partial charge in [-0.05, 0) is 57.7 Å². The molecule has 1 aromatic carbocycles. The van der Waals surface area contributed by atoms with Crippen LogP contribution in [0.5, 0.6) is 5.75 Å². The van der Waals surface area contributed by atoms with Crippen molar-refractivity contribution in [3.8, 4) is 5.75 Å². The van der Waals surface area contributed by atoms with Crippen molar-refractivity contribution in [2.75, 3.05) is 26.0 Å². The Morgan fingerprint density at radius 2 is 1.92 bits per heavy atom. The lowest BCUT2D eigenvalue weighted by Gasteiger charge is -2.22. The van der Waals surface area contributed by atoms with Gasteiger partial charge in [0, 0.05) is 32.0 Å². The summed E-state index contributed by atoms with van der Waals surface area (Å²) < 4.78 is 30.0. The minimum Gasteiger partial charge on any atom is -0.493 e. The fraction of sp³-hybridized carbons (Fsp3) is 0.630. The van der Waals surface area contributed by atoms with Crippen molar-refractivity contribution in [3.63, 3.8) is 0 Å². The molecule has 9 heteroatoms. The number of esters is 2. The van der Waals surface area contributed by atoms with Crippen molar-refractivity contribution >= 4 is 27.3 Å². The molecule has 1 N–H and O–H groups in total. The van der Waals surface area contributed by atoms with Gasteiger partial charge in [-0.3, -0.25) is 9.88 Å². The van der Waals surface area contributed by atoms with Gasteiger partial charge < -0.3 is 18.8 Å². The number of ether oxygens (including phenoxy) is 3. The van der Waals surface area contributed by atoms with Gasteiger partial charge in [-0.1, -0.05) is 38.2 Å². The van der Waals surface area contributed by atoms with E-state index in [0.717, 1.165) is 34.7 Å². The lowest BCUT2D eigenvalue weighted by Crippen LogP contribution is -2.33. The van der Waals surface area contributed by atoms with E-state index in [1.807, 2.05) is 13.8 Å². The number of allylic oxidation sites excluding steroid dienone is 2. The zero-order valence-corrected chi connectivity index (χ0v) is 25.4. The Labute approximate surface area is 217 Å². The Kier molecular flexibility index (Phi) is 10.6. The van der Waals surface area contributed by atoms with Crippen LogP contribution in [0.2, 0.25) is 25.7 Å². The van der Waals surface area contributed by atoms with Gasteiger partial charge in [-0.2, -0.15) is 0 Å². The van der Waals surface area contributed by atoms with Crippen LogP contribution in [-0.2, 0) is 38.3 Å². The molecule has 2 rings (SSSR count). The molecule has 36 heavy (non-hydrogen) atoms. The topological polar surface area (TPSA) is 90.9 Å². The number of carbonyl (C=O) groups excluding carboxylic acids is 2. The summed E-state index contributed by atoms with van der Waals surface area (Å²) in [7, 11) is -4.14. The number of hydrogen-bond donors (Lipinski definition) is 1. The molecule has 0 amide bonds. The quantitative estimate of drug-likeness (QED) is 0.145. The van der Waals surface area contributed by atoms with Crippen molar-refractivity contribution in [3.05, 3.63) is 39.5 Å². The summed E-state index contributed by atoms with van der Waals surface area (Å²) in [5.74, 6) is -0.0867. The van der Waals surface area contributed by atoms with Gasteiger partial charge in [-0.15, -0.1) is 0 Å². The lowest BCUT2D eigenvalue weighted by molar-refractivity contribution is -0.144. The number of fused-ring (bicyclic) bond motifs is 1. The number of hydrogen-bond acceptors (Lipinski definition) is 6. The highest BCUT2D eigenvalue weighted by Crippen LogP contribution is 2.41. The molecule has 1 heterocycles. The van der Waals surface area contributed by atoms with Crippen LogP contribution in [-0.4, -0.2) is 52.1 Å². The van der Waals surface area contributed by atoms with Crippen LogP contribution in [0.25, 0.3) is 0 Å². The van der Waals surface area contributed by atoms with E-state index < -0.39 is 27.4 Å². The summed E-state index contributed by atoms with van der Waals surface area (Å²) in [5.41, 5.74) is 5.70. The second-order valence-electron chi connectivity index (χ2n) is 11.0. The molecule has 1 aromatic rings. The standard InChI is InChI=1S/C27H44NO6PSi/c1-10-21-19(4)23-16-34-27(30)24(23)25(33-14-15-36(7,8)9)22(21)13-12-18(3)17-35(6,31)28-20(5)26(29)32-11-2/h12,20H,10-11,13-17H2,1-9H3,(H,28,31)/b18-12+/t20-,35?/m0/s1. The molecular formula is C27H44NO6PSi. The Balaban J connectivity index is 2.34. The largest absolute Gasteiger partial charge is 0.493 e. The molecule has 202 valence electrons. The number of carbonyl (C=O) groups is 2. The molecule has 0 saturated heterocycles. The normalized spacial score (nSPS) is 16.2. The zero-order chi connectivity index (χ0) is 27.3. The van der Waals surface area contributed by atoms with Crippen LogP contribution < -0.4 is 9.82 Å². The maximum Gasteiger partial charge on any atom is 0.342 e. The molecule has 0 aromatic heterocycles. The molecule has 0 fully saturated rings. The number of rotatable bonds is 13. The molecule has 1 aliphatic rings. The number of benzene rings is 1. The van der Waals surface area contributed by atoms with Gasteiger partial charge in [0.15, 0.2) is 0 Å². The Morgan fingerprint density at radius 3 is 2.50 bits per heavy atom. The molecule has 1 unspecified atom stereocenters. The van der Waals surface area contributed by atoms with Crippen molar-refractivity contribution in [2.45, 2.75) is 85.8 Å². The molecule has 2 atom stereocenters. The molecule has 0 spiro atoms. The van der Waals surface area contributed by atoms with E-state index in [1.165, 1.54) is 5.56 Å². The van der Waals surface area contributed by atoms with Crippen LogP contribution >= 0.6 is 7.29 Å². The SMILES string of the molecule is CCOC(=O)[C@H](C)NP(C)(=O)C/C(C)=C/Cc1c(CC)c(C)c2c(c1OCC[Si](C)(C)C)C(=O)OC2. The predicted octanol–water partition coefficient (Wildman–Crippen LogP) is 5.88. The van der Waals surface area contributed by atoms with Crippen LogP contribution in [0.3, 0.4) is 0 Å². The first kappa shape index (κ1) is 30.3. The summed E-state index contributed by atoms with van der Waals surface area (Å²) in [6, 6.07) is 0.348. The predicted molar refractivity (Wildman–Crippen MR) is 148 cm³/mol. The fourth-order valence-corrected chi connectivity index (χ4v) is 7.34. The maximum atomic E-state index is 13.2. The second kappa shape index (κ2) is 12.6. The Morgan fingerprint density at radius 1 is 1.25 bits per heavy atom. The van der Waals surface area contributed by atoms with E-state index in [2.05, 4.69) is 37.7 Å². The van der Waals surface area contributed by atoms with Gasteiger partial charge in [0.05, 0.1) is 13.2 Å². The van der Waals surface area contributed by atoms with Gasteiger partial charge >= 0.3 is 11.9 Å². The highest BCUT2D eigenvalue weighted by Gasteiger charge is 2.32. The van der Waals surface area contributed by atoms with E-state index in [-0.39, 0.29) is 19.2 Å². The Hall–Kier alpha value is -1.89. The summed E-state index contributed by atoms with van der Waals surface area (Å²) in [6.45, 7) is 19.2. The molecular weight excluding hydrogens is 493 g/mol. The van der Waals surface area contributed by atoms with E-state index in [1.54, 1.807) is 20.5 Å². The number of nitrogens with one attached hydrogen (secondary N) is 1. The minimum atomic E-state index is -2.82. The van der Waals surface area contributed by atoms with E-state index in [4.69, 9.17) is 14.2 Å². The average molecular weight is 538 g/mol. The van der Waals surface area contributed by atoms with Crippen molar-refractivity contribution in [2.24, 2.45) is 0 Å². The smallest absolute Gasteiger partial charge is 0.342 e. The van der Waals surface area contributed by atoms with Gasteiger partial charge in [-0.25, -0.2) is 4.79 Å². The Bertz CT molecular complexity index is 1060. The molecule has 0 aliphatic carbocycles. The monoisotopic (exact) mass is 537 g/mol. The van der Waals surface area contributed by atoms with E-state index in [0.29, 0.717) is 30.5 Å². The molecule has 0 bridgehead atoms. The summed E-state index contributed by atoms with van der Waals surface area (Å²) in [5, 5.41) is 2.95.